The van der Waals surface area contributed by atoms with E-state index in [1.807, 2.05) is 66.7 Å². The minimum absolute atomic E-state index is 0.218. The van der Waals surface area contributed by atoms with Crippen molar-refractivity contribution >= 4 is 11.8 Å². The van der Waals surface area contributed by atoms with E-state index in [-0.39, 0.29) is 18.4 Å². The van der Waals surface area contributed by atoms with Gasteiger partial charge in [-0.05, 0) is 41.0 Å². The molecule has 34 heavy (non-hydrogen) atoms. The molecular formula is C29H25FN2O2. The highest BCUT2D eigenvalue weighted by atomic mass is 19.1. The second kappa shape index (κ2) is 11.1. The quantitative estimate of drug-likeness (QED) is 0.382. The number of nitrogens with one attached hydrogen (secondary N) is 1. The van der Waals surface area contributed by atoms with Gasteiger partial charge in [-0.2, -0.15) is 0 Å². The first-order valence-electron chi connectivity index (χ1n) is 11.1. The zero-order valence-corrected chi connectivity index (χ0v) is 18.6. The molecule has 2 amide bonds. The number of nitrogens with zero attached hydrogens (tertiary/aromatic N) is 1. The number of amides is 2. The second-order valence-corrected chi connectivity index (χ2v) is 7.94. The fourth-order valence-corrected chi connectivity index (χ4v) is 3.81. The van der Waals surface area contributed by atoms with Gasteiger partial charge in [-0.1, -0.05) is 91.0 Å². The molecular weight excluding hydrogens is 427 g/mol. The number of benzene rings is 4. The second-order valence-electron chi connectivity index (χ2n) is 7.94. The van der Waals surface area contributed by atoms with Crippen molar-refractivity contribution in [1.29, 1.82) is 0 Å². The summed E-state index contributed by atoms with van der Waals surface area (Å²) in [7, 11) is 0. The van der Waals surface area contributed by atoms with Gasteiger partial charge in [0.2, 0.25) is 5.91 Å². The molecule has 5 heteroatoms. The Balaban J connectivity index is 1.72. The molecule has 0 spiro atoms. The smallest absolute Gasteiger partial charge is 0.255 e. The van der Waals surface area contributed by atoms with E-state index in [9.17, 15) is 14.0 Å². The van der Waals surface area contributed by atoms with Crippen LogP contribution in [0.25, 0.3) is 0 Å². The third-order valence-corrected chi connectivity index (χ3v) is 5.53. The van der Waals surface area contributed by atoms with E-state index in [0.717, 1.165) is 11.1 Å². The number of hydrogen-bond donors (Lipinski definition) is 1. The standard InChI is InChI=1S/C29H25FN2O2/c30-26-18-16-24(17-19-26)27(28(33)31-20-22-10-4-1-5-11-22)32(21-23-12-6-2-7-13-23)29(34)25-14-8-3-9-15-25/h1-19,27H,20-21H2,(H,31,33)/t27-/m1/s1. The van der Waals surface area contributed by atoms with Gasteiger partial charge < -0.3 is 10.2 Å². The lowest BCUT2D eigenvalue weighted by Gasteiger charge is -2.32. The van der Waals surface area contributed by atoms with Crippen molar-refractivity contribution in [2.45, 2.75) is 19.1 Å². The molecule has 0 bridgehead atoms. The highest BCUT2D eigenvalue weighted by molar-refractivity contribution is 5.97. The Morgan fingerprint density at radius 1 is 0.706 bits per heavy atom. The van der Waals surface area contributed by atoms with E-state index in [1.54, 1.807) is 36.4 Å². The number of halogens is 1. The lowest BCUT2D eigenvalue weighted by Crippen LogP contribution is -2.43. The topological polar surface area (TPSA) is 49.4 Å². The van der Waals surface area contributed by atoms with Crippen molar-refractivity contribution in [3.8, 4) is 0 Å². The number of hydrogen-bond acceptors (Lipinski definition) is 2. The van der Waals surface area contributed by atoms with Crippen LogP contribution >= 0.6 is 0 Å². The molecule has 4 aromatic rings. The van der Waals surface area contributed by atoms with E-state index in [1.165, 1.54) is 17.0 Å². The molecule has 0 unspecified atom stereocenters. The van der Waals surface area contributed by atoms with Crippen LogP contribution in [0.4, 0.5) is 4.39 Å². The summed E-state index contributed by atoms with van der Waals surface area (Å²) in [5.41, 5.74) is 2.83. The molecule has 0 heterocycles. The van der Waals surface area contributed by atoms with Crippen LogP contribution in [-0.4, -0.2) is 16.7 Å². The van der Waals surface area contributed by atoms with Gasteiger partial charge in [-0.3, -0.25) is 9.59 Å². The van der Waals surface area contributed by atoms with Crippen molar-refractivity contribution in [1.82, 2.24) is 10.2 Å². The van der Waals surface area contributed by atoms with Crippen LogP contribution in [0.2, 0.25) is 0 Å². The molecule has 0 aliphatic carbocycles. The summed E-state index contributed by atoms with van der Waals surface area (Å²) < 4.78 is 13.7. The highest BCUT2D eigenvalue weighted by Crippen LogP contribution is 2.26. The van der Waals surface area contributed by atoms with Crippen LogP contribution < -0.4 is 5.32 Å². The summed E-state index contributed by atoms with van der Waals surface area (Å²) in [6, 6.07) is 32.7. The van der Waals surface area contributed by atoms with E-state index in [0.29, 0.717) is 17.7 Å². The molecule has 0 aliphatic rings. The molecule has 4 aromatic carbocycles. The average molecular weight is 453 g/mol. The van der Waals surface area contributed by atoms with Crippen LogP contribution in [0, 0.1) is 5.82 Å². The summed E-state index contributed by atoms with van der Waals surface area (Å²) >= 11 is 0. The van der Waals surface area contributed by atoms with Gasteiger partial charge in [0.15, 0.2) is 0 Å². The van der Waals surface area contributed by atoms with Crippen LogP contribution in [0.5, 0.6) is 0 Å². The molecule has 0 radical (unpaired) electrons. The Labute approximate surface area is 198 Å². The minimum Gasteiger partial charge on any atom is -0.350 e. The SMILES string of the molecule is O=C(NCc1ccccc1)[C@@H](c1ccc(F)cc1)N(Cc1ccccc1)C(=O)c1ccccc1. The van der Waals surface area contributed by atoms with Crippen LogP contribution in [0.3, 0.4) is 0 Å². The van der Waals surface area contributed by atoms with Crippen LogP contribution in [0.1, 0.15) is 33.1 Å². The number of rotatable bonds is 8. The Kier molecular flexibility index (Phi) is 7.45. The third-order valence-electron chi connectivity index (χ3n) is 5.53. The fourth-order valence-electron chi connectivity index (χ4n) is 3.81. The monoisotopic (exact) mass is 452 g/mol. The van der Waals surface area contributed by atoms with Crippen molar-refractivity contribution < 1.29 is 14.0 Å². The Morgan fingerprint density at radius 3 is 1.82 bits per heavy atom. The van der Waals surface area contributed by atoms with Gasteiger partial charge in [0, 0.05) is 18.7 Å². The van der Waals surface area contributed by atoms with Crippen LogP contribution in [0.15, 0.2) is 115 Å². The van der Waals surface area contributed by atoms with Gasteiger partial charge >= 0.3 is 0 Å². The predicted molar refractivity (Wildman–Crippen MR) is 130 cm³/mol. The van der Waals surface area contributed by atoms with Gasteiger partial charge in [0.05, 0.1) is 0 Å². The normalized spacial score (nSPS) is 11.4. The maximum Gasteiger partial charge on any atom is 0.255 e. The third kappa shape index (κ3) is 5.75. The summed E-state index contributed by atoms with van der Waals surface area (Å²) in [5, 5.41) is 2.96. The molecule has 0 saturated heterocycles. The zero-order chi connectivity index (χ0) is 23.8. The van der Waals surface area contributed by atoms with Crippen LogP contribution in [-0.2, 0) is 17.9 Å². The van der Waals surface area contributed by atoms with Crippen molar-refractivity contribution in [3.63, 3.8) is 0 Å². The molecule has 0 aromatic heterocycles. The predicted octanol–water partition coefficient (Wildman–Crippen LogP) is 5.53. The summed E-state index contributed by atoms with van der Waals surface area (Å²) in [6.07, 6.45) is 0. The fraction of sp³-hybridized carbons (Fsp3) is 0.103. The summed E-state index contributed by atoms with van der Waals surface area (Å²) in [5.74, 6) is -1.03. The molecule has 0 saturated carbocycles. The molecule has 170 valence electrons. The Bertz CT molecular complexity index is 1210. The first kappa shape index (κ1) is 22.9. The van der Waals surface area contributed by atoms with Crippen molar-refractivity contribution in [3.05, 3.63) is 143 Å². The molecule has 0 aliphatic heterocycles. The van der Waals surface area contributed by atoms with Gasteiger partial charge in [-0.25, -0.2) is 4.39 Å². The van der Waals surface area contributed by atoms with E-state index in [4.69, 9.17) is 0 Å². The van der Waals surface area contributed by atoms with Gasteiger partial charge in [0.1, 0.15) is 11.9 Å². The summed E-state index contributed by atoms with van der Waals surface area (Å²) in [6.45, 7) is 0.533. The lowest BCUT2D eigenvalue weighted by molar-refractivity contribution is -0.126. The number of carbonyl (C=O) groups is 2. The Morgan fingerprint density at radius 2 is 1.24 bits per heavy atom. The molecule has 1 N–H and O–H groups in total. The highest BCUT2D eigenvalue weighted by Gasteiger charge is 2.32. The molecule has 0 fully saturated rings. The molecule has 4 rings (SSSR count). The first-order valence-corrected chi connectivity index (χ1v) is 11.1. The van der Waals surface area contributed by atoms with E-state index < -0.39 is 11.9 Å². The van der Waals surface area contributed by atoms with Gasteiger partial charge in [0.25, 0.3) is 5.91 Å². The minimum atomic E-state index is -0.947. The van der Waals surface area contributed by atoms with Crippen molar-refractivity contribution in [2.24, 2.45) is 0 Å². The van der Waals surface area contributed by atoms with Crippen molar-refractivity contribution in [2.75, 3.05) is 0 Å². The largest absolute Gasteiger partial charge is 0.350 e. The summed E-state index contributed by atoms with van der Waals surface area (Å²) in [4.78, 5) is 28.8. The van der Waals surface area contributed by atoms with Gasteiger partial charge in [-0.15, -0.1) is 0 Å². The first-order chi connectivity index (χ1) is 16.6. The maximum atomic E-state index is 13.7. The Hall–Kier alpha value is -4.25. The maximum absolute atomic E-state index is 13.7. The number of carbonyl (C=O) groups excluding carboxylic acids is 2. The molecule has 4 nitrogen and oxygen atoms in total. The van der Waals surface area contributed by atoms with E-state index >= 15 is 0 Å². The average Bonchev–Trinajstić information content (AvgIpc) is 2.89. The zero-order valence-electron chi connectivity index (χ0n) is 18.6. The lowest BCUT2D eigenvalue weighted by atomic mass is 10.0. The van der Waals surface area contributed by atoms with E-state index in [2.05, 4.69) is 5.32 Å². The molecule has 1 atom stereocenters.